The summed E-state index contributed by atoms with van der Waals surface area (Å²) in [5.41, 5.74) is 0.980. The summed E-state index contributed by atoms with van der Waals surface area (Å²) in [5, 5.41) is 6.37. The molecule has 1 aromatic carbocycles. The molecule has 2 rings (SSSR count). The van der Waals surface area contributed by atoms with Gasteiger partial charge in [0.1, 0.15) is 12.4 Å². The lowest BCUT2D eigenvalue weighted by atomic mass is 10.2. The Labute approximate surface area is 156 Å². The Morgan fingerprint density at radius 3 is 2.88 bits per heavy atom. The molecule has 7 nitrogen and oxygen atoms in total. The molecule has 1 aliphatic heterocycles. The predicted molar refractivity (Wildman–Crippen MR) is 105 cm³/mol. The van der Waals surface area contributed by atoms with E-state index < -0.39 is 10.0 Å². The van der Waals surface area contributed by atoms with Crippen molar-refractivity contribution in [3.63, 3.8) is 0 Å². The van der Waals surface area contributed by atoms with Crippen LogP contribution in [0.5, 0.6) is 5.75 Å². The van der Waals surface area contributed by atoms with Crippen molar-refractivity contribution < 1.29 is 13.2 Å². The maximum absolute atomic E-state index is 11.8. The summed E-state index contributed by atoms with van der Waals surface area (Å²) < 4.78 is 30.8. The van der Waals surface area contributed by atoms with E-state index in [1.54, 1.807) is 6.08 Å². The Morgan fingerprint density at radius 1 is 1.38 bits per heavy atom. The molecule has 1 fully saturated rings. The van der Waals surface area contributed by atoms with E-state index in [0.29, 0.717) is 45.2 Å². The summed E-state index contributed by atoms with van der Waals surface area (Å²) in [5.74, 6) is 1.70. The molecule has 1 heterocycles. The first-order valence-corrected chi connectivity index (χ1v) is 10.5. The van der Waals surface area contributed by atoms with Crippen molar-refractivity contribution >= 4 is 16.0 Å². The van der Waals surface area contributed by atoms with E-state index in [1.807, 2.05) is 31.2 Å². The van der Waals surface area contributed by atoms with E-state index in [4.69, 9.17) is 4.74 Å². The van der Waals surface area contributed by atoms with Crippen LogP contribution in [0.3, 0.4) is 0 Å². The van der Waals surface area contributed by atoms with Gasteiger partial charge in [-0.3, -0.25) is 0 Å². The van der Waals surface area contributed by atoms with Crippen molar-refractivity contribution in [1.82, 2.24) is 14.9 Å². The number of rotatable bonds is 9. The number of nitrogens with zero attached hydrogens (tertiary/aromatic N) is 2. The minimum atomic E-state index is -3.06. The zero-order valence-electron chi connectivity index (χ0n) is 15.3. The highest BCUT2D eigenvalue weighted by molar-refractivity contribution is 7.89. The number of sulfonamides is 1. The van der Waals surface area contributed by atoms with Gasteiger partial charge in [-0.1, -0.05) is 30.9 Å². The third-order valence-electron chi connectivity index (χ3n) is 3.94. The molecular formula is C18H28N4O3S. The molecule has 0 unspecified atom stereocenters. The molecule has 26 heavy (non-hydrogen) atoms. The zero-order valence-corrected chi connectivity index (χ0v) is 16.1. The summed E-state index contributed by atoms with van der Waals surface area (Å²) in [7, 11) is -3.06. The smallest absolute Gasteiger partial charge is 0.214 e. The Kier molecular flexibility index (Phi) is 7.93. The van der Waals surface area contributed by atoms with E-state index in [0.717, 1.165) is 17.9 Å². The van der Waals surface area contributed by atoms with Crippen molar-refractivity contribution in [2.24, 2.45) is 4.99 Å². The van der Waals surface area contributed by atoms with Crippen LogP contribution < -0.4 is 15.4 Å². The van der Waals surface area contributed by atoms with Gasteiger partial charge in [-0.15, -0.1) is 0 Å². The van der Waals surface area contributed by atoms with Gasteiger partial charge in [-0.05, 0) is 19.4 Å². The van der Waals surface area contributed by atoms with Gasteiger partial charge in [0.2, 0.25) is 10.0 Å². The molecule has 0 aliphatic carbocycles. The molecule has 0 amide bonds. The number of nitrogens with one attached hydrogen (secondary N) is 2. The van der Waals surface area contributed by atoms with Gasteiger partial charge >= 0.3 is 0 Å². The van der Waals surface area contributed by atoms with Crippen molar-refractivity contribution in [2.75, 3.05) is 38.5 Å². The molecular weight excluding hydrogens is 352 g/mol. The first-order chi connectivity index (χ1) is 12.6. The number of guanidine groups is 1. The average molecular weight is 381 g/mol. The Morgan fingerprint density at radius 2 is 2.19 bits per heavy atom. The minimum Gasteiger partial charge on any atom is -0.489 e. The largest absolute Gasteiger partial charge is 0.489 e. The average Bonchev–Trinajstić information content (AvgIpc) is 2.97. The van der Waals surface area contributed by atoms with Gasteiger partial charge in [0, 0.05) is 31.7 Å². The van der Waals surface area contributed by atoms with Gasteiger partial charge in [-0.2, -0.15) is 0 Å². The second-order valence-corrected chi connectivity index (χ2v) is 7.99. The number of para-hydroxylation sites is 1. The quantitative estimate of drug-likeness (QED) is 0.384. The van der Waals surface area contributed by atoms with Crippen LogP contribution in [0.2, 0.25) is 0 Å². The third-order valence-corrected chi connectivity index (χ3v) is 5.89. The third kappa shape index (κ3) is 6.03. The molecule has 0 aromatic heterocycles. The van der Waals surface area contributed by atoms with Gasteiger partial charge in [-0.25, -0.2) is 17.7 Å². The number of aliphatic imine (C=N–C) groups is 1. The molecule has 2 N–H and O–H groups in total. The number of hydrogen-bond donors (Lipinski definition) is 2. The zero-order chi connectivity index (χ0) is 18.8. The summed E-state index contributed by atoms with van der Waals surface area (Å²) in [4.78, 5) is 4.57. The Balaban J connectivity index is 1.93. The van der Waals surface area contributed by atoms with E-state index in [-0.39, 0.29) is 5.75 Å². The van der Waals surface area contributed by atoms with Gasteiger partial charge in [0.25, 0.3) is 0 Å². The van der Waals surface area contributed by atoms with Crippen LogP contribution in [0.4, 0.5) is 0 Å². The van der Waals surface area contributed by atoms with Crippen LogP contribution in [0.25, 0.3) is 0 Å². The van der Waals surface area contributed by atoms with Gasteiger partial charge < -0.3 is 15.4 Å². The van der Waals surface area contributed by atoms with Crippen molar-refractivity contribution in [1.29, 1.82) is 0 Å². The first kappa shape index (κ1) is 20.3. The Hall–Kier alpha value is -2.06. The highest BCUT2D eigenvalue weighted by atomic mass is 32.2. The molecule has 0 radical (unpaired) electrons. The molecule has 1 aliphatic rings. The summed E-state index contributed by atoms with van der Waals surface area (Å²) in [6.07, 6.45) is 2.41. The number of ether oxygens (including phenoxy) is 1. The van der Waals surface area contributed by atoms with E-state index in [9.17, 15) is 8.42 Å². The Bertz CT molecular complexity index is 719. The van der Waals surface area contributed by atoms with Crippen LogP contribution in [0.15, 0.2) is 41.9 Å². The molecule has 0 spiro atoms. The summed E-state index contributed by atoms with van der Waals surface area (Å²) >= 11 is 0. The van der Waals surface area contributed by atoms with Crippen LogP contribution in [0, 0.1) is 0 Å². The predicted octanol–water partition coefficient (Wildman–Crippen LogP) is 1.34. The van der Waals surface area contributed by atoms with E-state index in [2.05, 4.69) is 22.2 Å². The molecule has 1 aromatic rings. The molecule has 8 heteroatoms. The lowest BCUT2D eigenvalue weighted by Crippen LogP contribution is -2.42. The number of benzene rings is 1. The topological polar surface area (TPSA) is 83.0 Å². The summed E-state index contributed by atoms with van der Waals surface area (Å²) in [6.45, 7) is 8.85. The lowest BCUT2D eigenvalue weighted by Gasteiger charge is -2.16. The first-order valence-electron chi connectivity index (χ1n) is 8.88. The normalized spacial score (nSPS) is 17.0. The van der Waals surface area contributed by atoms with Crippen molar-refractivity contribution in [3.05, 3.63) is 42.5 Å². The molecule has 1 saturated heterocycles. The van der Waals surface area contributed by atoms with Crippen molar-refractivity contribution in [2.45, 2.75) is 19.9 Å². The summed E-state index contributed by atoms with van der Waals surface area (Å²) in [6, 6.07) is 7.75. The fourth-order valence-corrected chi connectivity index (χ4v) is 4.20. The van der Waals surface area contributed by atoms with Crippen LogP contribution >= 0.6 is 0 Å². The second kappa shape index (κ2) is 10.2. The number of hydrogen-bond acceptors (Lipinski definition) is 4. The maximum atomic E-state index is 11.8. The maximum Gasteiger partial charge on any atom is 0.214 e. The monoisotopic (exact) mass is 380 g/mol. The second-order valence-electron chi connectivity index (χ2n) is 5.90. The fourth-order valence-electron chi connectivity index (χ4n) is 2.67. The van der Waals surface area contributed by atoms with Gasteiger partial charge in [0.15, 0.2) is 5.96 Å². The van der Waals surface area contributed by atoms with Crippen LogP contribution in [0.1, 0.15) is 18.9 Å². The van der Waals surface area contributed by atoms with E-state index in [1.165, 1.54) is 4.31 Å². The highest BCUT2D eigenvalue weighted by Gasteiger charge is 2.27. The SMILES string of the molecule is C=CCOc1ccccc1CN=C(NCC)NCCN1CCCS1(=O)=O. The molecule has 144 valence electrons. The molecule has 0 atom stereocenters. The van der Waals surface area contributed by atoms with Crippen LogP contribution in [-0.2, 0) is 16.6 Å². The fraction of sp³-hybridized carbons (Fsp3) is 0.500. The standard InChI is InChI=1S/C18H28N4O3S/c1-3-13-25-17-9-6-5-8-16(17)15-21-18(19-4-2)20-10-12-22-11-7-14-26(22,23)24/h3,5-6,8-9H,1,4,7,10-15H2,2H3,(H2,19,20,21). The van der Waals surface area contributed by atoms with Crippen molar-refractivity contribution in [3.8, 4) is 5.75 Å². The minimum absolute atomic E-state index is 0.253. The van der Waals surface area contributed by atoms with Gasteiger partial charge in [0.05, 0.1) is 12.3 Å². The van der Waals surface area contributed by atoms with E-state index >= 15 is 0 Å². The lowest BCUT2D eigenvalue weighted by molar-refractivity contribution is 0.359. The molecule has 0 bridgehead atoms. The highest BCUT2D eigenvalue weighted by Crippen LogP contribution is 2.18. The van der Waals surface area contributed by atoms with Crippen LogP contribution in [-0.4, -0.2) is 57.2 Å². The molecule has 0 saturated carbocycles.